The molecular weight excluding hydrogens is 243 g/mol. The summed E-state index contributed by atoms with van der Waals surface area (Å²) in [5, 5.41) is 9.06. The smallest absolute Gasteiger partial charge is 0.488 e. The first-order chi connectivity index (χ1) is 7.09. The van der Waals surface area contributed by atoms with Gasteiger partial charge in [0.25, 0.3) is 0 Å². The molecule has 1 aromatic rings. The number of hydrogen-bond acceptors (Lipinski definition) is 3. The van der Waals surface area contributed by atoms with Crippen molar-refractivity contribution in [2.75, 3.05) is 13.2 Å². The highest BCUT2D eigenvalue weighted by Crippen LogP contribution is 2.27. The van der Waals surface area contributed by atoms with E-state index in [1.54, 1.807) is 12.1 Å². The van der Waals surface area contributed by atoms with E-state index in [9.17, 15) is 4.79 Å². The number of halogens is 2. The zero-order chi connectivity index (χ0) is 11.3. The minimum absolute atomic E-state index is 0.0473. The summed E-state index contributed by atoms with van der Waals surface area (Å²) >= 11 is 11.5. The number of carboxylic acid groups (broad SMARTS) is 1. The summed E-state index contributed by atoms with van der Waals surface area (Å²) in [4.78, 5) is 10.0. The van der Waals surface area contributed by atoms with Crippen LogP contribution in [-0.2, 0) is 4.74 Å². The van der Waals surface area contributed by atoms with Crippen LogP contribution in [0.2, 0.25) is 10.0 Å². The summed E-state index contributed by atoms with van der Waals surface area (Å²) in [6.45, 7) is 0.0575. The standard InChI is InChI=1S/C9H8Cl2O4/c10-6-1-2-8(7(11)5-6)14-3-4-15-9(12)13/h1-2,5H,3-4H2,(H,12,13). The van der Waals surface area contributed by atoms with Crippen LogP contribution in [0.3, 0.4) is 0 Å². The van der Waals surface area contributed by atoms with Crippen molar-refractivity contribution in [1.82, 2.24) is 0 Å². The molecule has 1 aromatic carbocycles. The molecule has 82 valence electrons. The first kappa shape index (κ1) is 11.9. The molecule has 0 spiro atoms. The van der Waals surface area contributed by atoms with Gasteiger partial charge in [-0.2, -0.15) is 0 Å². The number of rotatable bonds is 4. The summed E-state index contributed by atoms with van der Waals surface area (Å²) in [5.41, 5.74) is 0. The third-order valence-electron chi connectivity index (χ3n) is 1.46. The van der Waals surface area contributed by atoms with Crippen molar-refractivity contribution in [3.63, 3.8) is 0 Å². The van der Waals surface area contributed by atoms with Crippen molar-refractivity contribution in [3.8, 4) is 5.75 Å². The van der Waals surface area contributed by atoms with Crippen molar-refractivity contribution in [1.29, 1.82) is 0 Å². The van der Waals surface area contributed by atoms with E-state index in [4.69, 9.17) is 33.0 Å². The van der Waals surface area contributed by atoms with Crippen LogP contribution in [0.15, 0.2) is 18.2 Å². The Balaban J connectivity index is 2.40. The molecular formula is C9H8Cl2O4. The van der Waals surface area contributed by atoms with Gasteiger partial charge in [-0.3, -0.25) is 0 Å². The van der Waals surface area contributed by atoms with Crippen LogP contribution < -0.4 is 4.74 Å². The van der Waals surface area contributed by atoms with Crippen LogP contribution in [0.1, 0.15) is 0 Å². The normalized spacial score (nSPS) is 9.73. The van der Waals surface area contributed by atoms with Gasteiger partial charge in [0, 0.05) is 5.02 Å². The fraction of sp³-hybridized carbons (Fsp3) is 0.222. The molecule has 0 bridgehead atoms. The quantitative estimate of drug-likeness (QED) is 0.659. The molecule has 0 saturated carbocycles. The molecule has 0 aliphatic carbocycles. The molecule has 0 amide bonds. The molecule has 0 fully saturated rings. The Bertz CT molecular complexity index is 354. The topological polar surface area (TPSA) is 55.8 Å². The highest BCUT2D eigenvalue weighted by molar-refractivity contribution is 6.35. The van der Waals surface area contributed by atoms with Gasteiger partial charge < -0.3 is 14.6 Å². The Hall–Kier alpha value is -1.13. The summed E-state index contributed by atoms with van der Waals surface area (Å²) in [6.07, 6.45) is -1.33. The van der Waals surface area contributed by atoms with Gasteiger partial charge in [0.15, 0.2) is 0 Å². The molecule has 15 heavy (non-hydrogen) atoms. The Kier molecular flexibility index (Phi) is 4.52. The highest BCUT2D eigenvalue weighted by Gasteiger charge is 2.02. The third-order valence-corrected chi connectivity index (χ3v) is 1.99. The van der Waals surface area contributed by atoms with Crippen LogP contribution >= 0.6 is 23.2 Å². The fourth-order valence-electron chi connectivity index (χ4n) is 0.873. The lowest BCUT2D eigenvalue weighted by Gasteiger charge is -2.07. The largest absolute Gasteiger partial charge is 0.505 e. The molecule has 0 radical (unpaired) electrons. The maximum atomic E-state index is 10.0. The van der Waals surface area contributed by atoms with Gasteiger partial charge in [-0.05, 0) is 18.2 Å². The lowest BCUT2D eigenvalue weighted by atomic mass is 10.3. The van der Waals surface area contributed by atoms with Crippen LogP contribution in [0.25, 0.3) is 0 Å². The average Bonchev–Trinajstić information content (AvgIpc) is 2.14. The lowest BCUT2D eigenvalue weighted by molar-refractivity contribution is 0.0781. The van der Waals surface area contributed by atoms with Gasteiger partial charge >= 0.3 is 6.16 Å². The molecule has 1 rings (SSSR count). The first-order valence-electron chi connectivity index (χ1n) is 4.03. The molecule has 0 aliphatic rings. The number of ether oxygens (including phenoxy) is 2. The molecule has 0 unspecified atom stereocenters. The molecule has 0 aromatic heterocycles. The van der Waals surface area contributed by atoms with Crippen LogP contribution in [0.4, 0.5) is 4.79 Å². The second kappa shape index (κ2) is 5.68. The van der Waals surface area contributed by atoms with Gasteiger partial charge in [0.2, 0.25) is 0 Å². The minimum Gasteiger partial charge on any atom is -0.488 e. The molecule has 0 aliphatic heterocycles. The number of benzene rings is 1. The second-order valence-corrected chi connectivity index (χ2v) is 3.38. The van der Waals surface area contributed by atoms with Crippen molar-refractivity contribution in [3.05, 3.63) is 28.2 Å². The minimum atomic E-state index is -1.33. The lowest BCUT2D eigenvalue weighted by Crippen LogP contribution is -2.10. The van der Waals surface area contributed by atoms with Gasteiger partial charge in [0.05, 0.1) is 5.02 Å². The van der Waals surface area contributed by atoms with Crippen molar-refractivity contribution in [2.24, 2.45) is 0 Å². The van der Waals surface area contributed by atoms with Gasteiger partial charge in [0.1, 0.15) is 19.0 Å². The van der Waals surface area contributed by atoms with Crippen LogP contribution in [0.5, 0.6) is 5.75 Å². The zero-order valence-electron chi connectivity index (χ0n) is 7.57. The summed E-state index contributed by atoms with van der Waals surface area (Å²) < 4.78 is 9.41. The van der Waals surface area contributed by atoms with E-state index in [0.29, 0.717) is 15.8 Å². The third kappa shape index (κ3) is 4.27. The van der Waals surface area contributed by atoms with E-state index in [1.807, 2.05) is 0 Å². The molecule has 0 atom stereocenters. The zero-order valence-corrected chi connectivity index (χ0v) is 9.09. The predicted octanol–water partition coefficient (Wildman–Crippen LogP) is 3.07. The molecule has 0 saturated heterocycles. The second-order valence-electron chi connectivity index (χ2n) is 2.54. The van der Waals surface area contributed by atoms with E-state index in [2.05, 4.69) is 4.74 Å². The number of hydrogen-bond donors (Lipinski definition) is 1. The Morgan fingerprint density at radius 1 is 1.33 bits per heavy atom. The van der Waals surface area contributed by atoms with Crippen LogP contribution in [-0.4, -0.2) is 24.5 Å². The Morgan fingerprint density at radius 2 is 2.07 bits per heavy atom. The van der Waals surface area contributed by atoms with E-state index in [0.717, 1.165) is 0 Å². The molecule has 6 heteroatoms. The van der Waals surface area contributed by atoms with Gasteiger partial charge in [-0.15, -0.1) is 0 Å². The van der Waals surface area contributed by atoms with E-state index in [-0.39, 0.29) is 13.2 Å². The fourth-order valence-corrected chi connectivity index (χ4v) is 1.34. The van der Waals surface area contributed by atoms with E-state index >= 15 is 0 Å². The first-order valence-corrected chi connectivity index (χ1v) is 4.79. The number of carbonyl (C=O) groups is 1. The highest BCUT2D eigenvalue weighted by atomic mass is 35.5. The van der Waals surface area contributed by atoms with E-state index in [1.165, 1.54) is 6.07 Å². The summed E-state index contributed by atoms with van der Waals surface area (Å²) in [5.74, 6) is 0.440. The monoisotopic (exact) mass is 250 g/mol. The Morgan fingerprint density at radius 3 is 2.67 bits per heavy atom. The maximum absolute atomic E-state index is 10.0. The van der Waals surface area contributed by atoms with Gasteiger partial charge in [-0.25, -0.2) is 4.79 Å². The molecule has 0 heterocycles. The maximum Gasteiger partial charge on any atom is 0.505 e. The molecule has 1 N–H and O–H groups in total. The average molecular weight is 251 g/mol. The SMILES string of the molecule is O=C(O)OCCOc1ccc(Cl)cc1Cl. The van der Waals surface area contributed by atoms with Crippen molar-refractivity contribution in [2.45, 2.75) is 0 Å². The van der Waals surface area contributed by atoms with Crippen LogP contribution in [0, 0.1) is 0 Å². The van der Waals surface area contributed by atoms with Gasteiger partial charge in [-0.1, -0.05) is 23.2 Å². The Labute approximate surface area is 96.3 Å². The summed E-state index contributed by atoms with van der Waals surface area (Å²) in [6, 6.07) is 4.77. The molecule has 4 nitrogen and oxygen atoms in total. The van der Waals surface area contributed by atoms with Crippen molar-refractivity contribution >= 4 is 29.4 Å². The van der Waals surface area contributed by atoms with E-state index < -0.39 is 6.16 Å². The summed E-state index contributed by atoms with van der Waals surface area (Å²) in [7, 11) is 0. The van der Waals surface area contributed by atoms with Crippen molar-refractivity contribution < 1.29 is 19.4 Å². The predicted molar refractivity (Wildman–Crippen MR) is 55.9 cm³/mol.